The van der Waals surface area contributed by atoms with Crippen LogP contribution in [-0.4, -0.2) is 39.6 Å². The van der Waals surface area contributed by atoms with Crippen LogP contribution in [0.15, 0.2) is 107 Å². The topological polar surface area (TPSA) is 79.3 Å². The lowest BCUT2D eigenvalue weighted by Gasteiger charge is -2.40. The van der Waals surface area contributed by atoms with E-state index in [1.165, 1.54) is 5.57 Å². The predicted octanol–water partition coefficient (Wildman–Crippen LogP) is 8.70. The van der Waals surface area contributed by atoms with Gasteiger partial charge in [-0.1, -0.05) is 99.1 Å². The minimum Gasteiger partial charge on any atom is -0.423 e. The number of epoxide rings is 1. The normalized spacial score (nSPS) is 34.5. The van der Waals surface area contributed by atoms with Crippen LogP contribution in [-0.2, 0) is 14.3 Å². The maximum absolute atomic E-state index is 12.5. The van der Waals surface area contributed by atoms with Crippen molar-refractivity contribution < 1.29 is 24.5 Å². The van der Waals surface area contributed by atoms with Gasteiger partial charge in [0.2, 0.25) is 0 Å². The fourth-order valence-corrected chi connectivity index (χ4v) is 7.85. The predicted molar refractivity (Wildman–Crippen MR) is 183 cm³/mol. The third-order valence-electron chi connectivity index (χ3n) is 10.2. The highest BCUT2D eigenvalue weighted by atomic mass is 16.6. The molecular formula is C40H54O5. The van der Waals surface area contributed by atoms with Crippen LogP contribution in [0.25, 0.3) is 0 Å². The Labute approximate surface area is 271 Å². The Bertz CT molecular complexity index is 1440. The molecule has 0 spiro atoms. The summed E-state index contributed by atoms with van der Waals surface area (Å²) in [6, 6.07) is 0. The van der Waals surface area contributed by atoms with Gasteiger partial charge in [0.25, 0.3) is 0 Å². The number of aliphatic hydroxyl groups excluding tert-OH is 2. The highest BCUT2D eigenvalue weighted by Gasteiger charge is 2.74. The molecule has 2 aliphatic carbocycles. The lowest BCUT2D eigenvalue weighted by molar-refractivity contribution is -0.133. The lowest BCUT2D eigenvalue weighted by Crippen LogP contribution is -2.46. The summed E-state index contributed by atoms with van der Waals surface area (Å²) in [6.07, 6.45) is 27.3. The second-order valence-corrected chi connectivity index (χ2v) is 15.2. The van der Waals surface area contributed by atoms with Gasteiger partial charge in [-0.25, -0.2) is 4.79 Å². The van der Waals surface area contributed by atoms with Gasteiger partial charge in [-0.15, -0.1) is 0 Å². The Hall–Kier alpha value is -2.99. The van der Waals surface area contributed by atoms with Crippen LogP contribution < -0.4 is 0 Å². The summed E-state index contributed by atoms with van der Waals surface area (Å²) >= 11 is 0. The minimum atomic E-state index is -0.386. The molecule has 2 aliphatic heterocycles. The molecule has 5 unspecified atom stereocenters. The van der Waals surface area contributed by atoms with Crippen LogP contribution in [0, 0.1) is 16.7 Å². The summed E-state index contributed by atoms with van der Waals surface area (Å²) in [5.41, 5.74) is 4.46. The number of esters is 1. The first-order valence-corrected chi connectivity index (χ1v) is 16.4. The first-order chi connectivity index (χ1) is 21.0. The van der Waals surface area contributed by atoms with Crippen molar-refractivity contribution in [2.45, 2.75) is 118 Å². The summed E-state index contributed by atoms with van der Waals surface area (Å²) in [5.74, 6) is 0.648. The largest absolute Gasteiger partial charge is 0.423 e. The molecule has 4 aliphatic rings. The van der Waals surface area contributed by atoms with E-state index < -0.39 is 0 Å². The number of hydrogen-bond donors (Lipinski definition) is 2. The van der Waals surface area contributed by atoms with E-state index in [0.29, 0.717) is 30.1 Å². The SMILES string of the molecule is CC(C=CC=C(C)C=CC12OC1(C)CC(O)CC2(C)C)=CC=CC=C(C)C=C1C=C(CCC2C(C)=CC(O)CC2(C)C)C(=O)O1. The van der Waals surface area contributed by atoms with Gasteiger partial charge >= 0.3 is 5.97 Å². The van der Waals surface area contributed by atoms with Gasteiger partial charge in [0.1, 0.15) is 17.0 Å². The zero-order valence-corrected chi connectivity index (χ0v) is 28.8. The number of carbonyl (C=O) groups excluding carboxylic acids is 1. The number of cyclic esters (lactones) is 1. The van der Waals surface area contributed by atoms with Gasteiger partial charge < -0.3 is 19.7 Å². The number of allylic oxidation sites excluding steroid dienone is 14. The van der Waals surface area contributed by atoms with Crippen LogP contribution >= 0.6 is 0 Å². The number of hydrogen-bond acceptors (Lipinski definition) is 5. The van der Waals surface area contributed by atoms with Gasteiger partial charge in [-0.05, 0) is 95.4 Å². The number of fused-ring (bicyclic) bond motifs is 1. The van der Waals surface area contributed by atoms with E-state index in [0.717, 1.165) is 36.0 Å². The van der Waals surface area contributed by atoms with Crippen LogP contribution in [0.5, 0.6) is 0 Å². The third-order valence-corrected chi connectivity index (χ3v) is 10.2. The van der Waals surface area contributed by atoms with Crippen molar-refractivity contribution in [3.8, 4) is 0 Å². The van der Waals surface area contributed by atoms with Crippen LogP contribution in [0.3, 0.4) is 0 Å². The Morgan fingerprint density at radius 2 is 1.56 bits per heavy atom. The van der Waals surface area contributed by atoms with Gasteiger partial charge in [0, 0.05) is 17.4 Å². The van der Waals surface area contributed by atoms with Crippen molar-refractivity contribution in [3.05, 3.63) is 107 Å². The van der Waals surface area contributed by atoms with Gasteiger partial charge in [0.05, 0.1) is 12.2 Å². The Morgan fingerprint density at radius 1 is 0.911 bits per heavy atom. The highest BCUT2D eigenvalue weighted by Crippen LogP contribution is 2.66. The van der Waals surface area contributed by atoms with E-state index in [9.17, 15) is 15.0 Å². The molecule has 2 N–H and O–H groups in total. The van der Waals surface area contributed by atoms with Crippen LogP contribution in [0.4, 0.5) is 0 Å². The molecule has 1 saturated carbocycles. The zero-order chi connectivity index (χ0) is 33.2. The second-order valence-electron chi connectivity index (χ2n) is 15.2. The number of carbonyl (C=O) groups is 1. The Kier molecular flexibility index (Phi) is 10.4. The van der Waals surface area contributed by atoms with Crippen molar-refractivity contribution in [2.24, 2.45) is 16.7 Å². The number of rotatable bonds is 10. The molecule has 0 aromatic carbocycles. The van der Waals surface area contributed by atoms with Crippen LogP contribution in [0.1, 0.15) is 94.4 Å². The highest BCUT2D eigenvalue weighted by molar-refractivity contribution is 5.92. The molecule has 0 amide bonds. The standard InChI is InChI=1S/C40H54O5/c1-27(15-12-16-28(2)19-20-40-38(7,8)25-33(42)26-39(40,9)45-40)13-10-11-14-29(3)21-34-23-31(36(43)44-34)17-18-35-30(4)22-32(41)24-37(35,5)6/h10-16,19-23,32-33,35,41-42H,17-18,24-26H2,1-9H3. The van der Waals surface area contributed by atoms with Crippen LogP contribution in [0.2, 0.25) is 0 Å². The summed E-state index contributed by atoms with van der Waals surface area (Å²) < 4.78 is 11.8. The van der Waals surface area contributed by atoms with E-state index in [2.05, 4.69) is 91.8 Å². The lowest BCUT2D eigenvalue weighted by atomic mass is 9.63. The zero-order valence-electron chi connectivity index (χ0n) is 28.8. The third kappa shape index (κ3) is 8.06. The molecular weight excluding hydrogens is 560 g/mol. The monoisotopic (exact) mass is 614 g/mol. The quantitative estimate of drug-likeness (QED) is 0.111. The summed E-state index contributed by atoms with van der Waals surface area (Å²) in [4.78, 5) is 12.5. The minimum absolute atomic E-state index is 0.00569. The average Bonchev–Trinajstić information content (AvgIpc) is 3.38. The van der Waals surface area contributed by atoms with E-state index in [4.69, 9.17) is 9.47 Å². The maximum Gasteiger partial charge on any atom is 0.339 e. The second kappa shape index (κ2) is 13.4. The van der Waals surface area contributed by atoms with Crippen molar-refractivity contribution in [2.75, 3.05) is 0 Å². The van der Waals surface area contributed by atoms with Gasteiger partial charge in [-0.3, -0.25) is 0 Å². The van der Waals surface area contributed by atoms with E-state index in [1.54, 1.807) is 0 Å². The maximum atomic E-state index is 12.5. The van der Waals surface area contributed by atoms with E-state index >= 15 is 0 Å². The van der Waals surface area contributed by atoms with E-state index in [-0.39, 0.29) is 40.2 Å². The number of ether oxygens (including phenoxy) is 2. The molecule has 0 radical (unpaired) electrons. The molecule has 0 bridgehead atoms. The molecule has 5 heteroatoms. The smallest absolute Gasteiger partial charge is 0.339 e. The molecule has 1 saturated heterocycles. The molecule has 4 rings (SSSR count). The fourth-order valence-electron chi connectivity index (χ4n) is 7.85. The molecule has 2 heterocycles. The average molecular weight is 615 g/mol. The summed E-state index contributed by atoms with van der Waals surface area (Å²) in [5, 5.41) is 20.4. The summed E-state index contributed by atoms with van der Waals surface area (Å²) in [7, 11) is 0. The van der Waals surface area contributed by atoms with Crippen molar-refractivity contribution in [1.82, 2.24) is 0 Å². The summed E-state index contributed by atoms with van der Waals surface area (Å²) in [6.45, 7) is 19.1. The van der Waals surface area contributed by atoms with Gasteiger partial charge in [0.15, 0.2) is 0 Å². The molecule has 2 fully saturated rings. The van der Waals surface area contributed by atoms with Gasteiger partial charge in [-0.2, -0.15) is 0 Å². The molecule has 0 aromatic heterocycles. The molecule has 244 valence electrons. The Balaban J connectivity index is 1.28. The first-order valence-electron chi connectivity index (χ1n) is 16.4. The van der Waals surface area contributed by atoms with Crippen molar-refractivity contribution in [1.29, 1.82) is 0 Å². The molecule has 5 atom stereocenters. The fraction of sp³-hybridized carbons (Fsp3) is 0.525. The number of aliphatic hydroxyl groups is 2. The van der Waals surface area contributed by atoms with Crippen molar-refractivity contribution >= 4 is 5.97 Å². The molecule has 45 heavy (non-hydrogen) atoms. The van der Waals surface area contributed by atoms with E-state index in [1.807, 2.05) is 43.4 Å². The molecule has 0 aromatic rings. The first kappa shape index (κ1) is 34.9. The Morgan fingerprint density at radius 3 is 2.22 bits per heavy atom. The van der Waals surface area contributed by atoms with Crippen molar-refractivity contribution in [3.63, 3.8) is 0 Å². The molecule has 5 nitrogen and oxygen atoms in total.